The maximum Gasteiger partial charge on any atom is 0.161 e. The summed E-state index contributed by atoms with van der Waals surface area (Å²) in [7, 11) is 0. The van der Waals surface area contributed by atoms with Gasteiger partial charge in [0.1, 0.15) is 0 Å². The minimum absolute atomic E-state index is 0.0251. The van der Waals surface area contributed by atoms with E-state index in [1.807, 2.05) is 18.2 Å². The van der Waals surface area contributed by atoms with E-state index in [0.717, 1.165) is 30.0 Å². The molecule has 0 spiro atoms. The number of carbonyl (C=O) groups excluding carboxylic acids is 1. The predicted octanol–water partition coefficient (Wildman–Crippen LogP) is 3.32. The van der Waals surface area contributed by atoms with Crippen molar-refractivity contribution in [1.82, 2.24) is 0 Å². The van der Waals surface area contributed by atoms with Gasteiger partial charge in [-0.3, -0.25) is 4.79 Å². The third kappa shape index (κ3) is 2.46. The quantitative estimate of drug-likeness (QED) is 0.643. The molecule has 2 fully saturated rings. The van der Waals surface area contributed by atoms with E-state index in [1.165, 1.54) is 25.7 Å². The maximum atomic E-state index is 11.3. The number of anilines is 2. The summed E-state index contributed by atoms with van der Waals surface area (Å²) >= 11 is 0. The van der Waals surface area contributed by atoms with Gasteiger partial charge in [0.15, 0.2) is 5.78 Å². The SMILES string of the molecule is CC(=O)c1ccc(NCC2CC3CCC2C3)cc1N. The lowest BCUT2D eigenvalue weighted by molar-refractivity contribution is 0.101. The van der Waals surface area contributed by atoms with E-state index >= 15 is 0 Å². The lowest BCUT2D eigenvalue weighted by atomic mass is 9.89. The number of fused-ring (bicyclic) bond motifs is 2. The summed E-state index contributed by atoms with van der Waals surface area (Å²) in [4.78, 5) is 11.3. The molecule has 3 unspecified atom stereocenters. The van der Waals surface area contributed by atoms with Crippen LogP contribution in [0, 0.1) is 17.8 Å². The van der Waals surface area contributed by atoms with Crippen LogP contribution in [-0.4, -0.2) is 12.3 Å². The summed E-state index contributed by atoms with van der Waals surface area (Å²) in [6, 6.07) is 5.66. The first kappa shape index (κ1) is 12.5. The van der Waals surface area contributed by atoms with Gasteiger partial charge in [0.2, 0.25) is 0 Å². The molecular formula is C16H22N2O. The normalized spacial score (nSPS) is 28.6. The van der Waals surface area contributed by atoms with E-state index in [-0.39, 0.29) is 5.78 Å². The number of hydrogen-bond acceptors (Lipinski definition) is 3. The molecule has 3 atom stereocenters. The third-order valence-corrected chi connectivity index (χ3v) is 4.88. The molecular weight excluding hydrogens is 236 g/mol. The number of hydrogen-bond donors (Lipinski definition) is 2. The Hall–Kier alpha value is -1.51. The monoisotopic (exact) mass is 258 g/mol. The van der Waals surface area contributed by atoms with Crippen molar-refractivity contribution in [3.63, 3.8) is 0 Å². The Morgan fingerprint density at radius 2 is 2.21 bits per heavy atom. The Morgan fingerprint density at radius 1 is 1.37 bits per heavy atom. The van der Waals surface area contributed by atoms with Crippen LogP contribution in [0.1, 0.15) is 43.0 Å². The molecule has 0 aliphatic heterocycles. The van der Waals surface area contributed by atoms with Gasteiger partial charge >= 0.3 is 0 Å². The van der Waals surface area contributed by atoms with Crippen molar-refractivity contribution < 1.29 is 4.79 Å². The molecule has 2 saturated carbocycles. The summed E-state index contributed by atoms with van der Waals surface area (Å²) in [5.41, 5.74) is 8.13. The van der Waals surface area contributed by atoms with Gasteiger partial charge in [0.25, 0.3) is 0 Å². The Bertz CT molecular complexity index is 498. The fourth-order valence-electron chi connectivity index (χ4n) is 3.87. The minimum Gasteiger partial charge on any atom is -0.398 e. The standard InChI is InChI=1S/C16H22N2O/c1-10(19)15-5-4-14(8-16(15)17)18-9-13-7-11-2-3-12(13)6-11/h4-5,8,11-13,18H,2-3,6-7,9,17H2,1H3. The number of Topliss-reactive ketones (excluding diaryl/α,β-unsaturated/α-hetero) is 1. The molecule has 3 nitrogen and oxygen atoms in total. The summed E-state index contributed by atoms with van der Waals surface area (Å²) < 4.78 is 0. The second-order valence-corrected chi connectivity index (χ2v) is 6.17. The van der Waals surface area contributed by atoms with Crippen LogP contribution in [0.5, 0.6) is 0 Å². The molecule has 2 aliphatic rings. The van der Waals surface area contributed by atoms with Gasteiger partial charge in [0, 0.05) is 23.5 Å². The number of rotatable bonds is 4. The molecule has 0 heterocycles. The fourth-order valence-corrected chi connectivity index (χ4v) is 3.87. The van der Waals surface area contributed by atoms with Crippen LogP contribution >= 0.6 is 0 Å². The molecule has 2 aliphatic carbocycles. The molecule has 3 rings (SSSR count). The van der Waals surface area contributed by atoms with Gasteiger partial charge in [-0.2, -0.15) is 0 Å². The van der Waals surface area contributed by atoms with Gasteiger partial charge in [-0.05, 0) is 62.1 Å². The minimum atomic E-state index is 0.0251. The summed E-state index contributed by atoms with van der Waals surface area (Å²) in [6.45, 7) is 2.59. The first-order chi connectivity index (χ1) is 9.13. The number of ketones is 1. The first-order valence-electron chi connectivity index (χ1n) is 7.28. The molecule has 19 heavy (non-hydrogen) atoms. The molecule has 1 aromatic rings. The topological polar surface area (TPSA) is 55.1 Å². The molecule has 102 valence electrons. The van der Waals surface area contributed by atoms with Crippen LogP contribution in [-0.2, 0) is 0 Å². The van der Waals surface area contributed by atoms with Crippen molar-refractivity contribution in [2.45, 2.75) is 32.6 Å². The van der Waals surface area contributed by atoms with Gasteiger partial charge < -0.3 is 11.1 Å². The van der Waals surface area contributed by atoms with Crippen molar-refractivity contribution in [3.8, 4) is 0 Å². The highest BCUT2D eigenvalue weighted by atomic mass is 16.1. The number of nitrogen functional groups attached to an aromatic ring is 1. The van der Waals surface area contributed by atoms with Gasteiger partial charge in [-0.1, -0.05) is 6.42 Å². The summed E-state index contributed by atoms with van der Waals surface area (Å²) in [5.74, 6) is 2.78. The number of nitrogens with two attached hydrogens (primary N) is 1. The Labute approximate surface area is 114 Å². The zero-order chi connectivity index (χ0) is 13.4. The van der Waals surface area contributed by atoms with Crippen molar-refractivity contribution in [2.24, 2.45) is 17.8 Å². The highest BCUT2D eigenvalue weighted by molar-refractivity contribution is 5.99. The highest BCUT2D eigenvalue weighted by Gasteiger charge is 2.38. The van der Waals surface area contributed by atoms with Crippen LogP contribution in [0.2, 0.25) is 0 Å². The van der Waals surface area contributed by atoms with Crippen molar-refractivity contribution >= 4 is 17.2 Å². The second kappa shape index (κ2) is 4.87. The average molecular weight is 258 g/mol. The molecule has 0 aromatic heterocycles. The number of nitrogens with one attached hydrogen (secondary N) is 1. The molecule has 2 bridgehead atoms. The van der Waals surface area contributed by atoms with Crippen LogP contribution in [0.4, 0.5) is 11.4 Å². The summed E-state index contributed by atoms with van der Waals surface area (Å²) in [5, 5.41) is 3.49. The van der Waals surface area contributed by atoms with Gasteiger partial charge in [-0.15, -0.1) is 0 Å². The summed E-state index contributed by atoms with van der Waals surface area (Å²) in [6.07, 6.45) is 5.69. The molecule has 0 radical (unpaired) electrons. The Kier molecular flexibility index (Phi) is 3.21. The lowest BCUT2D eigenvalue weighted by Gasteiger charge is -2.22. The number of benzene rings is 1. The molecule has 0 saturated heterocycles. The number of carbonyl (C=O) groups is 1. The molecule has 1 aromatic carbocycles. The van der Waals surface area contributed by atoms with Crippen LogP contribution < -0.4 is 11.1 Å². The predicted molar refractivity (Wildman–Crippen MR) is 78.3 cm³/mol. The molecule has 3 heteroatoms. The van der Waals surface area contributed by atoms with E-state index in [0.29, 0.717) is 11.3 Å². The van der Waals surface area contributed by atoms with Crippen molar-refractivity contribution in [1.29, 1.82) is 0 Å². The highest BCUT2D eigenvalue weighted by Crippen LogP contribution is 2.48. The molecule has 0 amide bonds. The van der Waals surface area contributed by atoms with Crippen LogP contribution in [0.3, 0.4) is 0 Å². The Morgan fingerprint density at radius 3 is 2.79 bits per heavy atom. The smallest absolute Gasteiger partial charge is 0.161 e. The average Bonchev–Trinajstić information content (AvgIpc) is 2.98. The van der Waals surface area contributed by atoms with E-state index in [9.17, 15) is 4.79 Å². The second-order valence-electron chi connectivity index (χ2n) is 6.17. The first-order valence-corrected chi connectivity index (χ1v) is 7.28. The lowest BCUT2D eigenvalue weighted by Crippen LogP contribution is -2.20. The van der Waals surface area contributed by atoms with E-state index in [4.69, 9.17) is 5.73 Å². The van der Waals surface area contributed by atoms with Gasteiger partial charge in [0.05, 0.1) is 0 Å². The van der Waals surface area contributed by atoms with Crippen LogP contribution in [0.25, 0.3) is 0 Å². The zero-order valence-electron chi connectivity index (χ0n) is 11.5. The third-order valence-electron chi connectivity index (χ3n) is 4.88. The maximum absolute atomic E-state index is 11.3. The van der Waals surface area contributed by atoms with E-state index < -0.39 is 0 Å². The molecule has 3 N–H and O–H groups in total. The van der Waals surface area contributed by atoms with Gasteiger partial charge in [-0.25, -0.2) is 0 Å². The van der Waals surface area contributed by atoms with E-state index in [2.05, 4.69) is 5.32 Å². The zero-order valence-corrected chi connectivity index (χ0v) is 11.5. The Balaban J connectivity index is 1.61. The van der Waals surface area contributed by atoms with Crippen LogP contribution in [0.15, 0.2) is 18.2 Å². The largest absolute Gasteiger partial charge is 0.398 e. The fraction of sp³-hybridized carbons (Fsp3) is 0.562. The van der Waals surface area contributed by atoms with Crippen molar-refractivity contribution in [3.05, 3.63) is 23.8 Å². The van der Waals surface area contributed by atoms with E-state index in [1.54, 1.807) is 6.92 Å². The van der Waals surface area contributed by atoms with Crippen molar-refractivity contribution in [2.75, 3.05) is 17.6 Å².